The SMILES string of the molecule is CN(C)Cc1ccc(-c2ccccc2CNC(=O)c2cnc(-c3ccccc3)nc2)cc1. The number of hydrogen-bond acceptors (Lipinski definition) is 4. The predicted molar refractivity (Wildman–Crippen MR) is 128 cm³/mol. The molecule has 0 spiro atoms. The first-order valence-electron chi connectivity index (χ1n) is 10.6. The molecule has 4 aromatic rings. The van der Waals surface area contributed by atoms with E-state index in [1.165, 1.54) is 5.56 Å². The van der Waals surface area contributed by atoms with Gasteiger partial charge in [-0.05, 0) is 36.3 Å². The Bertz CT molecular complexity index is 1170. The van der Waals surface area contributed by atoms with Crippen molar-refractivity contribution < 1.29 is 4.79 Å². The molecule has 0 aliphatic carbocycles. The van der Waals surface area contributed by atoms with Crippen LogP contribution in [0.15, 0.2) is 91.3 Å². The van der Waals surface area contributed by atoms with Crippen LogP contribution in [0.4, 0.5) is 0 Å². The van der Waals surface area contributed by atoms with E-state index in [2.05, 4.69) is 64.6 Å². The third-order valence-electron chi connectivity index (χ3n) is 5.17. The molecule has 1 amide bonds. The van der Waals surface area contributed by atoms with Crippen LogP contribution in [0.5, 0.6) is 0 Å². The lowest BCUT2D eigenvalue weighted by Crippen LogP contribution is -2.23. The predicted octanol–water partition coefficient (Wildman–Crippen LogP) is 4.80. The average Bonchev–Trinajstić information content (AvgIpc) is 2.83. The van der Waals surface area contributed by atoms with Crippen LogP contribution in [0, 0.1) is 0 Å². The number of nitrogens with one attached hydrogen (secondary N) is 1. The summed E-state index contributed by atoms with van der Waals surface area (Å²) in [4.78, 5) is 23.5. The summed E-state index contributed by atoms with van der Waals surface area (Å²) < 4.78 is 0. The lowest BCUT2D eigenvalue weighted by Gasteiger charge is -2.13. The van der Waals surface area contributed by atoms with E-state index in [0.717, 1.165) is 28.8 Å². The van der Waals surface area contributed by atoms with Gasteiger partial charge in [0.05, 0.1) is 5.56 Å². The summed E-state index contributed by atoms with van der Waals surface area (Å²) in [7, 11) is 4.12. The van der Waals surface area contributed by atoms with Crippen molar-refractivity contribution in [2.24, 2.45) is 0 Å². The maximum atomic E-state index is 12.7. The van der Waals surface area contributed by atoms with Crippen LogP contribution in [0.25, 0.3) is 22.5 Å². The van der Waals surface area contributed by atoms with Crippen LogP contribution < -0.4 is 5.32 Å². The highest BCUT2D eigenvalue weighted by Gasteiger charge is 2.10. The molecule has 1 aromatic heterocycles. The van der Waals surface area contributed by atoms with Crippen LogP contribution in [-0.2, 0) is 13.1 Å². The highest BCUT2D eigenvalue weighted by atomic mass is 16.1. The topological polar surface area (TPSA) is 58.1 Å². The first kappa shape index (κ1) is 21.4. The van der Waals surface area contributed by atoms with Crippen LogP contribution in [0.2, 0.25) is 0 Å². The average molecular weight is 423 g/mol. The molecule has 4 rings (SSSR count). The summed E-state index contributed by atoms with van der Waals surface area (Å²) >= 11 is 0. The van der Waals surface area contributed by atoms with Gasteiger partial charge in [0.1, 0.15) is 0 Å². The van der Waals surface area contributed by atoms with E-state index in [9.17, 15) is 4.79 Å². The molecular weight excluding hydrogens is 396 g/mol. The Balaban J connectivity index is 1.44. The van der Waals surface area contributed by atoms with E-state index < -0.39 is 0 Å². The van der Waals surface area contributed by atoms with Gasteiger partial charge < -0.3 is 10.2 Å². The van der Waals surface area contributed by atoms with Gasteiger partial charge in [0, 0.05) is 31.0 Å². The van der Waals surface area contributed by atoms with Gasteiger partial charge >= 0.3 is 0 Å². The molecule has 0 unspecified atom stereocenters. The van der Waals surface area contributed by atoms with Gasteiger partial charge in [0.15, 0.2) is 5.82 Å². The zero-order valence-electron chi connectivity index (χ0n) is 18.3. The minimum Gasteiger partial charge on any atom is -0.348 e. The van der Waals surface area contributed by atoms with Crippen molar-refractivity contribution in [3.63, 3.8) is 0 Å². The summed E-state index contributed by atoms with van der Waals surface area (Å²) in [6.07, 6.45) is 3.14. The van der Waals surface area contributed by atoms with Gasteiger partial charge in [-0.25, -0.2) is 9.97 Å². The van der Waals surface area contributed by atoms with Gasteiger partial charge in [0.25, 0.3) is 5.91 Å². The van der Waals surface area contributed by atoms with Gasteiger partial charge in [0.2, 0.25) is 0 Å². The Hall–Kier alpha value is -3.83. The summed E-state index contributed by atoms with van der Waals surface area (Å²) in [6.45, 7) is 1.33. The lowest BCUT2D eigenvalue weighted by atomic mass is 9.98. The van der Waals surface area contributed by atoms with Gasteiger partial charge in [-0.2, -0.15) is 0 Å². The number of aromatic nitrogens is 2. The molecule has 32 heavy (non-hydrogen) atoms. The number of hydrogen-bond donors (Lipinski definition) is 1. The van der Waals surface area contributed by atoms with Crippen molar-refractivity contribution >= 4 is 5.91 Å². The third-order valence-corrected chi connectivity index (χ3v) is 5.17. The molecule has 5 heteroatoms. The van der Waals surface area contributed by atoms with Gasteiger partial charge in [-0.1, -0.05) is 78.9 Å². The highest BCUT2D eigenvalue weighted by Crippen LogP contribution is 2.24. The Morgan fingerprint density at radius 2 is 1.47 bits per heavy atom. The van der Waals surface area contributed by atoms with Crippen molar-refractivity contribution in [2.75, 3.05) is 14.1 Å². The lowest BCUT2D eigenvalue weighted by molar-refractivity contribution is 0.0950. The maximum absolute atomic E-state index is 12.7. The normalized spacial score (nSPS) is 10.8. The van der Waals surface area contributed by atoms with E-state index in [4.69, 9.17) is 0 Å². The second kappa shape index (κ2) is 9.98. The smallest absolute Gasteiger partial charge is 0.254 e. The van der Waals surface area contributed by atoms with E-state index >= 15 is 0 Å². The molecule has 0 atom stereocenters. The Morgan fingerprint density at radius 1 is 0.812 bits per heavy atom. The molecule has 5 nitrogen and oxygen atoms in total. The Labute approximate surface area is 188 Å². The monoisotopic (exact) mass is 422 g/mol. The first-order valence-corrected chi connectivity index (χ1v) is 10.6. The minimum atomic E-state index is -0.194. The van der Waals surface area contributed by atoms with E-state index in [0.29, 0.717) is 17.9 Å². The molecule has 0 radical (unpaired) electrons. The number of carbonyl (C=O) groups excluding carboxylic acids is 1. The molecule has 0 aliphatic rings. The van der Waals surface area contributed by atoms with Crippen molar-refractivity contribution in [1.82, 2.24) is 20.2 Å². The number of benzene rings is 3. The molecule has 0 aliphatic heterocycles. The molecule has 3 aromatic carbocycles. The molecule has 1 N–H and O–H groups in total. The highest BCUT2D eigenvalue weighted by molar-refractivity contribution is 5.93. The standard InChI is InChI=1S/C27H26N4O/c1-31(2)19-20-12-14-21(15-13-20)25-11-7-6-10-23(25)16-30-27(32)24-17-28-26(29-18-24)22-8-4-3-5-9-22/h3-15,17-18H,16,19H2,1-2H3,(H,30,32). The molecule has 0 fully saturated rings. The second-order valence-corrected chi connectivity index (χ2v) is 7.94. The maximum Gasteiger partial charge on any atom is 0.254 e. The largest absolute Gasteiger partial charge is 0.348 e. The second-order valence-electron chi connectivity index (χ2n) is 7.94. The van der Waals surface area contributed by atoms with Crippen LogP contribution in [-0.4, -0.2) is 34.9 Å². The van der Waals surface area contributed by atoms with E-state index in [1.54, 1.807) is 12.4 Å². The van der Waals surface area contributed by atoms with Crippen molar-refractivity contribution in [3.8, 4) is 22.5 Å². The van der Waals surface area contributed by atoms with Crippen molar-refractivity contribution in [1.29, 1.82) is 0 Å². The molecule has 0 saturated heterocycles. The molecular formula is C27H26N4O. The fourth-order valence-corrected chi connectivity index (χ4v) is 3.57. The van der Waals surface area contributed by atoms with Crippen molar-refractivity contribution in [3.05, 3.63) is 108 Å². The fourth-order valence-electron chi connectivity index (χ4n) is 3.57. The van der Waals surface area contributed by atoms with Crippen LogP contribution in [0.3, 0.4) is 0 Å². The summed E-state index contributed by atoms with van der Waals surface area (Å²) in [5, 5.41) is 3.00. The van der Waals surface area contributed by atoms with E-state index in [-0.39, 0.29) is 5.91 Å². The van der Waals surface area contributed by atoms with Crippen molar-refractivity contribution in [2.45, 2.75) is 13.1 Å². The number of nitrogens with zero attached hydrogens (tertiary/aromatic N) is 3. The zero-order chi connectivity index (χ0) is 22.3. The molecule has 0 saturated carbocycles. The third kappa shape index (κ3) is 5.25. The van der Waals surface area contributed by atoms with Crippen LogP contribution in [0.1, 0.15) is 21.5 Å². The molecule has 1 heterocycles. The summed E-state index contributed by atoms with van der Waals surface area (Å²) in [5.41, 5.74) is 5.93. The van der Waals surface area contributed by atoms with Gasteiger partial charge in [-0.3, -0.25) is 4.79 Å². The van der Waals surface area contributed by atoms with Crippen LogP contribution >= 0.6 is 0 Å². The zero-order valence-corrected chi connectivity index (χ0v) is 18.3. The summed E-state index contributed by atoms with van der Waals surface area (Å²) in [5.74, 6) is 0.408. The number of amides is 1. The number of rotatable bonds is 7. The first-order chi connectivity index (χ1) is 15.6. The Morgan fingerprint density at radius 3 is 2.16 bits per heavy atom. The fraction of sp³-hybridized carbons (Fsp3) is 0.148. The number of carbonyl (C=O) groups is 1. The Kier molecular flexibility index (Phi) is 6.68. The van der Waals surface area contributed by atoms with E-state index in [1.807, 2.05) is 48.5 Å². The van der Waals surface area contributed by atoms with Gasteiger partial charge in [-0.15, -0.1) is 0 Å². The quantitative estimate of drug-likeness (QED) is 0.465. The molecule has 0 bridgehead atoms. The molecule has 160 valence electrons. The summed E-state index contributed by atoms with van der Waals surface area (Å²) in [6, 6.07) is 26.4. The minimum absolute atomic E-state index is 0.194.